The molecule has 0 spiro atoms. The average Bonchev–Trinajstić information content (AvgIpc) is 2.95. The molecular weight excluding hydrogens is 309 g/mol. The fraction of sp³-hybridized carbons (Fsp3) is 0.556. The number of pyridine rings is 1. The monoisotopic (exact) mass is 333 g/mol. The summed E-state index contributed by atoms with van der Waals surface area (Å²) in [6, 6.07) is 2.97. The SMILES string of the molecule is CC(C)(CNC(=O)Cc1cn2cc(F)ccc2n1)C1CCOCC1. The number of carbonyl (C=O) groups excluding carboxylic acids is 1. The zero-order chi connectivity index (χ0) is 17.2. The van der Waals surface area contributed by atoms with E-state index in [-0.39, 0.29) is 23.6 Å². The van der Waals surface area contributed by atoms with E-state index in [2.05, 4.69) is 24.1 Å². The van der Waals surface area contributed by atoms with Crippen LogP contribution in [-0.4, -0.2) is 35.1 Å². The minimum atomic E-state index is -0.325. The van der Waals surface area contributed by atoms with Crippen LogP contribution in [0.4, 0.5) is 4.39 Å². The Morgan fingerprint density at radius 1 is 1.38 bits per heavy atom. The summed E-state index contributed by atoms with van der Waals surface area (Å²) >= 11 is 0. The van der Waals surface area contributed by atoms with E-state index in [1.165, 1.54) is 12.3 Å². The van der Waals surface area contributed by atoms with Crippen molar-refractivity contribution in [2.75, 3.05) is 19.8 Å². The normalized spacial score (nSPS) is 16.5. The Balaban J connectivity index is 1.56. The molecular formula is C18H24FN3O2. The summed E-state index contributed by atoms with van der Waals surface area (Å²) in [7, 11) is 0. The lowest BCUT2D eigenvalue weighted by molar-refractivity contribution is -0.121. The molecule has 1 saturated heterocycles. The minimum absolute atomic E-state index is 0.0431. The van der Waals surface area contributed by atoms with Gasteiger partial charge >= 0.3 is 0 Å². The number of hydrogen-bond acceptors (Lipinski definition) is 3. The van der Waals surface area contributed by atoms with Crippen molar-refractivity contribution in [3.8, 4) is 0 Å². The third-order valence-electron chi connectivity index (χ3n) is 4.87. The number of rotatable bonds is 5. The van der Waals surface area contributed by atoms with E-state index in [1.54, 1.807) is 16.7 Å². The predicted molar refractivity (Wildman–Crippen MR) is 89.2 cm³/mol. The Morgan fingerprint density at radius 2 is 2.12 bits per heavy atom. The van der Waals surface area contributed by atoms with E-state index < -0.39 is 0 Å². The molecule has 2 aromatic heterocycles. The molecule has 2 aromatic rings. The van der Waals surface area contributed by atoms with Gasteiger partial charge in [0.1, 0.15) is 11.5 Å². The van der Waals surface area contributed by atoms with Crippen LogP contribution < -0.4 is 5.32 Å². The highest BCUT2D eigenvalue weighted by Crippen LogP contribution is 2.33. The number of halogens is 1. The van der Waals surface area contributed by atoms with Gasteiger partial charge in [0, 0.05) is 32.2 Å². The van der Waals surface area contributed by atoms with Gasteiger partial charge in [-0.2, -0.15) is 0 Å². The second-order valence-electron chi connectivity index (χ2n) is 7.17. The van der Waals surface area contributed by atoms with Gasteiger partial charge in [-0.1, -0.05) is 13.8 Å². The summed E-state index contributed by atoms with van der Waals surface area (Å²) in [5.74, 6) is 0.179. The Hall–Kier alpha value is -1.95. The molecule has 0 unspecified atom stereocenters. The Labute approximate surface area is 141 Å². The van der Waals surface area contributed by atoms with E-state index in [0.29, 0.717) is 23.8 Å². The zero-order valence-corrected chi connectivity index (χ0v) is 14.2. The molecule has 6 heteroatoms. The van der Waals surface area contributed by atoms with Crippen molar-refractivity contribution in [2.45, 2.75) is 33.1 Å². The van der Waals surface area contributed by atoms with Gasteiger partial charge in [-0.3, -0.25) is 4.79 Å². The number of imidazole rings is 1. The first-order valence-corrected chi connectivity index (χ1v) is 8.42. The quantitative estimate of drug-likeness (QED) is 0.915. The van der Waals surface area contributed by atoms with Gasteiger partial charge in [0.25, 0.3) is 0 Å². The van der Waals surface area contributed by atoms with Crippen LogP contribution in [0.25, 0.3) is 5.65 Å². The van der Waals surface area contributed by atoms with Crippen molar-refractivity contribution >= 4 is 11.6 Å². The first-order valence-electron chi connectivity index (χ1n) is 8.42. The molecule has 130 valence electrons. The summed E-state index contributed by atoms with van der Waals surface area (Å²) in [5.41, 5.74) is 1.32. The first kappa shape index (κ1) is 16.9. The van der Waals surface area contributed by atoms with Crippen LogP contribution in [0.15, 0.2) is 24.5 Å². The lowest BCUT2D eigenvalue weighted by Crippen LogP contribution is -2.41. The second kappa shape index (κ2) is 6.89. The van der Waals surface area contributed by atoms with Crippen LogP contribution in [0.5, 0.6) is 0 Å². The molecule has 1 N–H and O–H groups in total. The van der Waals surface area contributed by atoms with Crippen LogP contribution in [-0.2, 0) is 16.0 Å². The van der Waals surface area contributed by atoms with Gasteiger partial charge in [0.2, 0.25) is 5.91 Å². The van der Waals surface area contributed by atoms with Crippen LogP contribution in [0.3, 0.4) is 0 Å². The van der Waals surface area contributed by atoms with Crippen molar-refractivity contribution < 1.29 is 13.9 Å². The van der Waals surface area contributed by atoms with E-state index in [1.807, 2.05) is 0 Å². The molecule has 1 aliphatic rings. The first-order chi connectivity index (χ1) is 11.4. The zero-order valence-electron chi connectivity index (χ0n) is 14.2. The molecule has 0 aliphatic carbocycles. The summed E-state index contributed by atoms with van der Waals surface area (Å²) < 4.78 is 20.2. The van der Waals surface area contributed by atoms with E-state index in [9.17, 15) is 9.18 Å². The maximum atomic E-state index is 13.2. The molecule has 0 aromatic carbocycles. The van der Waals surface area contributed by atoms with Crippen molar-refractivity contribution in [3.05, 3.63) is 36.0 Å². The number of carbonyl (C=O) groups is 1. The highest BCUT2D eigenvalue weighted by atomic mass is 19.1. The fourth-order valence-electron chi connectivity index (χ4n) is 3.28. The maximum Gasteiger partial charge on any atom is 0.226 e. The van der Waals surface area contributed by atoms with Crippen molar-refractivity contribution in [2.24, 2.45) is 11.3 Å². The van der Waals surface area contributed by atoms with Gasteiger partial charge in [0.05, 0.1) is 12.1 Å². The number of ether oxygens (including phenoxy) is 1. The van der Waals surface area contributed by atoms with Crippen LogP contribution in [0, 0.1) is 17.2 Å². The molecule has 24 heavy (non-hydrogen) atoms. The topological polar surface area (TPSA) is 55.6 Å². The standard InChI is InChI=1S/C18H24FN3O2/c1-18(2,13-5-7-24-8-6-13)12-20-17(23)9-15-11-22-10-14(19)3-4-16(22)21-15/h3-4,10-11,13H,5-9,12H2,1-2H3,(H,20,23). The largest absolute Gasteiger partial charge is 0.381 e. The van der Waals surface area contributed by atoms with Crippen molar-refractivity contribution in [3.63, 3.8) is 0 Å². The van der Waals surface area contributed by atoms with Gasteiger partial charge in [-0.15, -0.1) is 0 Å². The van der Waals surface area contributed by atoms with E-state index in [0.717, 1.165) is 26.1 Å². The molecule has 0 saturated carbocycles. The number of fused-ring (bicyclic) bond motifs is 1. The van der Waals surface area contributed by atoms with Gasteiger partial charge < -0.3 is 14.5 Å². The summed E-state index contributed by atoms with van der Waals surface area (Å²) in [4.78, 5) is 16.6. The molecule has 3 rings (SSSR count). The molecule has 0 bridgehead atoms. The summed E-state index contributed by atoms with van der Waals surface area (Å²) in [6.45, 7) is 6.63. The highest BCUT2D eigenvalue weighted by Gasteiger charge is 2.31. The van der Waals surface area contributed by atoms with Gasteiger partial charge in [0.15, 0.2) is 0 Å². The Bertz CT molecular complexity index is 720. The Morgan fingerprint density at radius 3 is 2.88 bits per heavy atom. The number of nitrogens with zero attached hydrogens (tertiary/aromatic N) is 2. The smallest absolute Gasteiger partial charge is 0.226 e. The molecule has 0 radical (unpaired) electrons. The number of aromatic nitrogens is 2. The maximum absolute atomic E-state index is 13.2. The summed E-state index contributed by atoms with van der Waals surface area (Å²) in [6.07, 6.45) is 5.34. The third kappa shape index (κ3) is 3.93. The van der Waals surface area contributed by atoms with E-state index >= 15 is 0 Å². The molecule has 1 aliphatic heterocycles. The lowest BCUT2D eigenvalue weighted by atomic mass is 9.74. The van der Waals surface area contributed by atoms with Crippen molar-refractivity contribution in [1.82, 2.24) is 14.7 Å². The molecule has 1 amide bonds. The van der Waals surface area contributed by atoms with Crippen LogP contribution >= 0.6 is 0 Å². The lowest BCUT2D eigenvalue weighted by Gasteiger charge is -2.37. The number of hydrogen-bond donors (Lipinski definition) is 1. The van der Waals surface area contributed by atoms with Crippen LogP contribution in [0.1, 0.15) is 32.4 Å². The molecule has 3 heterocycles. The second-order valence-corrected chi connectivity index (χ2v) is 7.17. The van der Waals surface area contributed by atoms with E-state index in [4.69, 9.17) is 4.74 Å². The highest BCUT2D eigenvalue weighted by molar-refractivity contribution is 5.78. The Kier molecular flexibility index (Phi) is 4.85. The molecule has 0 atom stereocenters. The molecule has 5 nitrogen and oxygen atoms in total. The number of nitrogens with one attached hydrogen (secondary N) is 1. The van der Waals surface area contributed by atoms with Gasteiger partial charge in [-0.05, 0) is 36.3 Å². The van der Waals surface area contributed by atoms with Crippen molar-refractivity contribution in [1.29, 1.82) is 0 Å². The summed E-state index contributed by atoms with van der Waals surface area (Å²) in [5, 5.41) is 3.02. The average molecular weight is 333 g/mol. The predicted octanol–water partition coefficient (Wildman–Crippen LogP) is 2.58. The fourth-order valence-corrected chi connectivity index (χ4v) is 3.28. The van der Waals surface area contributed by atoms with Crippen LogP contribution in [0.2, 0.25) is 0 Å². The number of amides is 1. The third-order valence-corrected chi connectivity index (χ3v) is 4.87. The van der Waals surface area contributed by atoms with Gasteiger partial charge in [-0.25, -0.2) is 9.37 Å². The molecule has 1 fully saturated rings. The minimum Gasteiger partial charge on any atom is -0.381 e.